The Balaban J connectivity index is 2.14. The zero-order chi connectivity index (χ0) is 5.11. The average molecular weight is 116 g/mol. The number of hydrogen-bond donors (Lipinski definition) is 1. The van der Waals surface area contributed by atoms with E-state index in [2.05, 4.69) is 12.2 Å². The highest BCUT2D eigenvalue weighted by Gasteiger charge is 2.10. The summed E-state index contributed by atoms with van der Waals surface area (Å²) < 4.78 is 0. The molecule has 1 saturated heterocycles. The second-order valence-corrected chi connectivity index (χ2v) is 2.91. The van der Waals surface area contributed by atoms with Crippen LogP contribution < -0.4 is 5.32 Å². The van der Waals surface area contributed by atoms with Gasteiger partial charge in [-0.25, -0.2) is 0 Å². The molecule has 0 bridgehead atoms. The van der Waals surface area contributed by atoms with Crippen LogP contribution >= 0.6 is 11.8 Å². The van der Waals surface area contributed by atoms with Gasteiger partial charge in [-0.15, -0.1) is 11.8 Å². The zero-order valence-corrected chi connectivity index (χ0v) is 5.13. The van der Waals surface area contributed by atoms with E-state index in [1.165, 1.54) is 12.3 Å². The minimum Gasteiger partial charge on any atom is -0.305 e. The van der Waals surface area contributed by atoms with Crippen LogP contribution in [0.15, 0.2) is 0 Å². The van der Waals surface area contributed by atoms with E-state index in [1.807, 2.05) is 11.8 Å². The predicted molar refractivity (Wildman–Crippen MR) is 34.2 cm³/mol. The van der Waals surface area contributed by atoms with Gasteiger partial charge in [0.1, 0.15) is 0 Å². The first kappa shape index (κ1) is 5.45. The highest BCUT2D eigenvalue weighted by Crippen LogP contribution is 2.15. The molecule has 2 heteroatoms. The Morgan fingerprint density at radius 1 is 1.86 bits per heavy atom. The molecule has 0 aromatic carbocycles. The summed E-state index contributed by atoms with van der Waals surface area (Å²) in [5.74, 6) is 1.26. The molecule has 1 N–H and O–H groups in total. The van der Waals surface area contributed by atoms with Crippen molar-refractivity contribution in [3.63, 3.8) is 0 Å². The minimum atomic E-state index is 0.653. The van der Waals surface area contributed by atoms with Crippen molar-refractivity contribution in [2.24, 2.45) is 0 Å². The third-order valence-electron chi connectivity index (χ3n) is 1.06. The van der Waals surface area contributed by atoms with Crippen LogP contribution in [0, 0.1) is 6.92 Å². The van der Waals surface area contributed by atoms with Crippen molar-refractivity contribution in [3.8, 4) is 0 Å². The lowest BCUT2D eigenvalue weighted by atomic mass is 10.5. The van der Waals surface area contributed by atoms with Gasteiger partial charge < -0.3 is 5.32 Å². The first-order valence-corrected chi connectivity index (χ1v) is 3.62. The summed E-state index contributed by atoms with van der Waals surface area (Å²) in [7, 11) is 0. The lowest BCUT2D eigenvalue weighted by Crippen LogP contribution is -2.17. The van der Waals surface area contributed by atoms with Crippen LogP contribution in [-0.4, -0.2) is 17.7 Å². The fourth-order valence-corrected chi connectivity index (χ4v) is 1.59. The molecule has 1 radical (unpaired) electrons. The quantitative estimate of drug-likeness (QED) is 0.545. The molecule has 0 aromatic heterocycles. The Hall–Kier alpha value is 0.310. The smallest absolute Gasteiger partial charge is 0.0532 e. The third-order valence-corrected chi connectivity index (χ3v) is 2.30. The van der Waals surface area contributed by atoms with Gasteiger partial charge in [-0.2, -0.15) is 0 Å². The Bertz CT molecular complexity index is 50.0. The van der Waals surface area contributed by atoms with E-state index in [9.17, 15) is 0 Å². The summed E-state index contributed by atoms with van der Waals surface area (Å²) >= 11 is 1.97. The topological polar surface area (TPSA) is 12.0 Å². The molecule has 1 nitrogen and oxygen atoms in total. The van der Waals surface area contributed by atoms with Crippen molar-refractivity contribution in [3.05, 3.63) is 6.92 Å². The van der Waals surface area contributed by atoms with Crippen LogP contribution in [0.25, 0.3) is 0 Å². The van der Waals surface area contributed by atoms with E-state index in [0.717, 1.165) is 6.42 Å². The number of nitrogens with one attached hydrogen (secondary N) is 1. The van der Waals surface area contributed by atoms with Crippen molar-refractivity contribution in [1.82, 2.24) is 5.32 Å². The number of rotatable bonds is 1. The monoisotopic (exact) mass is 116 g/mol. The lowest BCUT2D eigenvalue weighted by Gasteiger charge is -2.01. The van der Waals surface area contributed by atoms with Gasteiger partial charge in [0.2, 0.25) is 0 Å². The molecule has 1 unspecified atom stereocenters. The van der Waals surface area contributed by atoms with Crippen LogP contribution in [0.5, 0.6) is 0 Å². The van der Waals surface area contributed by atoms with Gasteiger partial charge in [0.25, 0.3) is 0 Å². The summed E-state index contributed by atoms with van der Waals surface area (Å²) in [6, 6.07) is 0. The van der Waals surface area contributed by atoms with Crippen molar-refractivity contribution in [2.75, 3.05) is 12.3 Å². The van der Waals surface area contributed by atoms with Crippen molar-refractivity contribution >= 4 is 11.8 Å². The van der Waals surface area contributed by atoms with Gasteiger partial charge in [-0.3, -0.25) is 0 Å². The highest BCUT2D eigenvalue weighted by atomic mass is 32.2. The maximum absolute atomic E-state index is 3.78. The first-order chi connectivity index (χ1) is 3.43. The first-order valence-electron chi connectivity index (χ1n) is 2.57. The summed E-state index contributed by atoms with van der Waals surface area (Å²) in [6.45, 7) is 4.96. The molecule has 41 valence electrons. The standard InChI is InChI=1S/C5H10NS/c1-2-5-6-3-4-7-5/h5-6H,1-4H2. The maximum Gasteiger partial charge on any atom is 0.0532 e. The van der Waals surface area contributed by atoms with Crippen molar-refractivity contribution < 1.29 is 0 Å². The molecule has 1 atom stereocenters. The average Bonchev–Trinajstić information content (AvgIpc) is 2.14. The third kappa shape index (κ3) is 1.35. The highest BCUT2D eigenvalue weighted by molar-refractivity contribution is 8.00. The van der Waals surface area contributed by atoms with E-state index in [0.29, 0.717) is 5.37 Å². The molecule has 1 rings (SSSR count). The van der Waals surface area contributed by atoms with Crippen molar-refractivity contribution in [2.45, 2.75) is 11.8 Å². The van der Waals surface area contributed by atoms with Crippen LogP contribution in [0.3, 0.4) is 0 Å². The van der Waals surface area contributed by atoms with Crippen LogP contribution in [-0.2, 0) is 0 Å². The van der Waals surface area contributed by atoms with Crippen molar-refractivity contribution in [1.29, 1.82) is 0 Å². The molecule has 7 heavy (non-hydrogen) atoms. The van der Waals surface area contributed by atoms with Gasteiger partial charge in [0, 0.05) is 12.3 Å². The second kappa shape index (κ2) is 2.58. The molecule has 0 saturated carbocycles. The van der Waals surface area contributed by atoms with Gasteiger partial charge >= 0.3 is 0 Å². The minimum absolute atomic E-state index is 0.653. The Labute approximate surface area is 48.9 Å². The number of thioether (sulfide) groups is 1. The van der Waals surface area contributed by atoms with Crippen LogP contribution in [0.4, 0.5) is 0 Å². The molecule has 0 spiro atoms. The summed E-state index contributed by atoms with van der Waals surface area (Å²) in [5.41, 5.74) is 0. The van der Waals surface area contributed by atoms with E-state index >= 15 is 0 Å². The Morgan fingerprint density at radius 2 is 2.71 bits per heavy atom. The van der Waals surface area contributed by atoms with E-state index in [-0.39, 0.29) is 0 Å². The second-order valence-electron chi connectivity index (χ2n) is 1.60. The Kier molecular flexibility index (Phi) is 2.00. The number of hydrogen-bond acceptors (Lipinski definition) is 2. The fraction of sp³-hybridized carbons (Fsp3) is 0.800. The summed E-state index contributed by atoms with van der Waals surface area (Å²) in [6.07, 6.45) is 1.02. The molecule has 0 aromatic rings. The SMILES string of the molecule is [CH2]CC1NCCS1. The van der Waals surface area contributed by atoms with E-state index < -0.39 is 0 Å². The molecule has 1 aliphatic rings. The summed E-state index contributed by atoms with van der Waals surface area (Å²) in [4.78, 5) is 0. The molecular formula is C5H10NS. The van der Waals surface area contributed by atoms with Gasteiger partial charge in [0.05, 0.1) is 5.37 Å². The molecule has 1 fully saturated rings. The largest absolute Gasteiger partial charge is 0.305 e. The van der Waals surface area contributed by atoms with E-state index in [4.69, 9.17) is 0 Å². The Morgan fingerprint density at radius 3 is 3.00 bits per heavy atom. The fourth-order valence-electron chi connectivity index (χ4n) is 0.665. The maximum atomic E-state index is 3.78. The predicted octanol–water partition coefficient (Wildman–Crippen LogP) is 0.873. The molecule has 1 aliphatic heterocycles. The lowest BCUT2D eigenvalue weighted by molar-refractivity contribution is 0.717. The van der Waals surface area contributed by atoms with Gasteiger partial charge in [-0.1, -0.05) is 6.92 Å². The van der Waals surface area contributed by atoms with Crippen LogP contribution in [0.2, 0.25) is 0 Å². The molecule has 1 heterocycles. The normalized spacial score (nSPS) is 31.3. The van der Waals surface area contributed by atoms with Gasteiger partial charge in [0.15, 0.2) is 0 Å². The molecule has 0 aliphatic carbocycles. The summed E-state index contributed by atoms with van der Waals surface area (Å²) in [5, 5.41) is 3.96. The molecular weight excluding hydrogens is 106 g/mol. The van der Waals surface area contributed by atoms with Crippen LogP contribution in [0.1, 0.15) is 6.42 Å². The van der Waals surface area contributed by atoms with Gasteiger partial charge in [-0.05, 0) is 6.42 Å². The molecule has 0 amide bonds. The zero-order valence-electron chi connectivity index (χ0n) is 4.31. The van der Waals surface area contributed by atoms with E-state index in [1.54, 1.807) is 0 Å².